The Bertz CT molecular complexity index is 713. The molecule has 1 fully saturated rings. The van der Waals surface area contributed by atoms with E-state index in [1.54, 1.807) is 13.2 Å². The molecule has 3 rings (SSSR count). The van der Waals surface area contributed by atoms with Crippen molar-refractivity contribution < 1.29 is 18.0 Å². The van der Waals surface area contributed by atoms with E-state index in [1.807, 2.05) is 12.1 Å². The molecule has 5 nitrogen and oxygen atoms in total. The van der Waals surface area contributed by atoms with Gasteiger partial charge >= 0.3 is 0 Å². The zero-order valence-electron chi connectivity index (χ0n) is 14.0. The van der Waals surface area contributed by atoms with Crippen molar-refractivity contribution in [2.24, 2.45) is 0 Å². The van der Waals surface area contributed by atoms with E-state index >= 15 is 0 Å². The molecule has 0 saturated carbocycles. The zero-order chi connectivity index (χ0) is 17.8. The van der Waals surface area contributed by atoms with Crippen LogP contribution in [0.1, 0.15) is 12.7 Å². The van der Waals surface area contributed by atoms with E-state index in [2.05, 4.69) is 15.1 Å². The van der Waals surface area contributed by atoms with E-state index in [4.69, 9.17) is 4.42 Å². The largest absolute Gasteiger partial charge is 0.468 e. The highest BCUT2D eigenvalue weighted by Gasteiger charge is 2.26. The summed E-state index contributed by atoms with van der Waals surface area (Å²) in [5.41, 5.74) is -0.00490. The summed E-state index contributed by atoms with van der Waals surface area (Å²) in [5.74, 6) is -0.823. The van der Waals surface area contributed by atoms with Crippen LogP contribution in [0.2, 0.25) is 0 Å². The van der Waals surface area contributed by atoms with Gasteiger partial charge in [-0.1, -0.05) is 0 Å². The first-order valence-corrected chi connectivity index (χ1v) is 8.27. The van der Waals surface area contributed by atoms with Crippen molar-refractivity contribution in [2.75, 3.05) is 31.5 Å². The standard InChI is InChI=1S/C18H21F2N3O2/c1-13(18(24)21-17-5-4-14(19)11-16(17)20)23-8-6-22(7-9-23)12-15-3-2-10-25-15/h2-5,10-11,13H,6-9,12H2,1H3,(H,21,24)/t13-/m1/s1. The molecular weight excluding hydrogens is 328 g/mol. The third-order valence-corrected chi connectivity index (χ3v) is 4.48. The Morgan fingerprint density at radius 1 is 1.24 bits per heavy atom. The number of anilines is 1. The number of furan rings is 1. The zero-order valence-corrected chi connectivity index (χ0v) is 14.0. The van der Waals surface area contributed by atoms with Crippen LogP contribution in [0.4, 0.5) is 14.5 Å². The number of nitrogens with zero attached hydrogens (tertiary/aromatic N) is 2. The predicted octanol–water partition coefficient (Wildman–Crippen LogP) is 2.70. The fraction of sp³-hybridized carbons (Fsp3) is 0.389. The molecule has 1 saturated heterocycles. The molecular formula is C18H21F2N3O2. The molecule has 1 aromatic carbocycles. The SMILES string of the molecule is C[C@H](C(=O)Nc1ccc(F)cc1F)N1CCN(Cc2ccco2)CC1. The third-order valence-electron chi connectivity index (χ3n) is 4.48. The Labute approximate surface area is 145 Å². The normalized spacial score (nSPS) is 17.4. The van der Waals surface area contributed by atoms with E-state index in [-0.39, 0.29) is 11.6 Å². The van der Waals surface area contributed by atoms with Crippen LogP contribution in [0.3, 0.4) is 0 Å². The molecule has 1 atom stereocenters. The number of nitrogens with one attached hydrogen (secondary N) is 1. The van der Waals surface area contributed by atoms with Gasteiger partial charge in [0.2, 0.25) is 5.91 Å². The molecule has 1 aliphatic rings. The number of hydrogen-bond donors (Lipinski definition) is 1. The number of piperazine rings is 1. The number of hydrogen-bond acceptors (Lipinski definition) is 4. The summed E-state index contributed by atoms with van der Waals surface area (Å²) in [6, 6.07) is 6.53. The van der Waals surface area contributed by atoms with Crippen molar-refractivity contribution in [3.05, 3.63) is 54.0 Å². The number of rotatable bonds is 5. The highest BCUT2D eigenvalue weighted by molar-refractivity contribution is 5.94. The van der Waals surface area contributed by atoms with Crippen molar-refractivity contribution in [3.8, 4) is 0 Å². The minimum Gasteiger partial charge on any atom is -0.468 e. The fourth-order valence-corrected chi connectivity index (χ4v) is 2.93. The van der Waals surface area contributed by atoms with Gasteiger partial charge < -0.3 is 9.73 Å². The van der Waals surface area contributed by atoms with Gasteiger partial charge in [0.1, 0.15) is 17.4 Å². The second kappa shape index (κ2) is 7.76. The van der Waals surface area contributed by atoms with Gasteiger partial charge in [-0.05, 0) is 31.2 Å². The Kier molecular flexibility index (Phi) is 5.45. The Balaban J connectivity index is 1.51. The molecule has 0 spiro atoms. The lowest BCUT2D eigenvalue weighted by atomic mass is 10.2. The maximum Gasteiger partial charge on any atom is 0.241 e. The van der Waals surface area contributed by atoms with Crippen molar-refractivity contribution in [3.63, 3.8) is 0 Å². The topological polar surface area (TPSA) is 48.7 Å². The second-order valence-electron chi connectivity index (χ2n) is 6.18. The first-order valence-electron chi connectivity index (χ1n) is 8.27. The Hall–Kier alpha value is -2.25. The Morgan fingerprint density at radius 3 is 2.64 bits per heavy atom. The van der Waals surface area contributed by atoms with Crippen molar-refractivity contribution in [2.45, 2.75) is 19.5 Å². The van der Waals surface area contributed by atoms with Gasteiger partial charge in [-0.3, -0.25) is 14.6 Å². The average molecular weight is 349 g/mol. The van der Waals surface area contributed by atoms with Crippen LogP contribution in [0, 0.1) is 11.6 Å². The quantitative estimate of drug-likeness (QED) is 0.902. The molecule has 7 heteroatoms. The van der Waals surface area contributed by atoms with Gasteiger partial charge in [-0.2, -0.15) is 0 Å². The lowest BCUT2D eigenvalue weighted by Gasteiger charge is -2.37. The molecule has 2 aromatic rings. The average Bonchev–Trinajstić information content (AvgIpc) is 3.10. The number of carbonyl (C=O) groups is 1. The number of halogens is 2. The van der Waals surface area contributed by atoms with Crippen LogP contribution in [0.25, 0.3) is 0 Å². The van der Waals surface area contributed by atoms with Gasteiger partial charge in [0, 0.05) is 32.2 Å². The lowest BCUT2D eigenvalue weighted by molar-refractivity contribution is -0.121. The maximum absolute atomic E-state index is 13.7. The molecule has 25 heavy (non-hydrogen) atoms. The van der Waals surface area contributed by atoms with Gasteiger partial charge in [0.25, 0.3) is 0 Å². The first-order chi connectivity index (χ1) is 12.0. The summed E-state index contributed by atoms with van der Waals surface area (Å²) < 4.78 is 32.0. The summed E-state index contributed by atoms with van der Waals surface area (Å²) in [6.45, 7) is 5.66. The van der Waals surface area contributed by atoms with E-state index in [9.17, 15) is 13.6 Å². The van der Waals surface area contributed by atoms with E-state index in [0.717, 1.165) is 50.6 Å². The van der Waals surface area contributed by atoms with Crippen molar-refractivity contribution in [1.29, 1.82) is 0 Å². The maximum atomic E-state index is 13.7. The second-order valence-corrected chi connectivity index (χ2v) is 6.18. The fourth-order valence-electron chi connectivity index (χ4n) is 2.93. The molecule has 0 bridgehead atoms. The molecule has 0 radical (unpaired) electrons. The van der Waals surface area contributed by atoms with Crippen LogP contribution >= 0.6 is 0 Å². The van der Waals surface area contributed by atoms with Crippen LogP contribution in [-0.4, -0.2) is 47.9 Å². The minimum atomic E-state index is -0.774. The number of amides is 1. The summed E-state index contributed by atoms with van der Waals surface area (Å²) >= 11 is 0. The summed E-state index contributed by atoms with van der Waals surface area (Å²) in [6.07, 6.45) is 1.66. The summed E-state index contributed by atoms with van der Waals surface area (Å²) in [7, 11) is 0. The molecule has 1 amide bonds. The van der Waals surface area contributed by atoms with Crippen LogP contribution in [0.5, 0.6) is 0 Å². The highest BCUT2D eigenvalue weighted by atomic mass is 19.1. The van der Waals surface area contributed by atoms with Gasteiger partial charge in [0.15, 0.2) is 0 Å². The van der Waals surface area contributed by atoms with Gasteiger partial charge in [-0.15, -0.1) is 0 Å². The van der Waals surface area contributed by atoms with Gasteiger partial charge in [0.05, 0.1) is 24.5 Å². The smallest absolute Gasteiger partial charge is 0.241 e. The van der Waals surface area contributed by atoms with Crippen molar-refractivity contribution in [1.82, 2.24) is 9.80 Å². The molecule has 134 valence electrons. The number of carbonyl (C=O) groups excluding carboxylic acids is 1. The molecule has 1 N–H and O–H groups in total. The van der Waals surface area contributed by atoms with E-state index in [0.29, 0.717) is 0 Å². The molecule has 1 aliphatic heterocycles. The lowest BCUT2D eigenvalue weighted by Crippen LogP contribution is -2.52. The van der Waals surface area contributed by atoms with E-state index in [1.165, 1.54) is 6.07 Å². The Morgan fingerprint density at radius 2 is 2.00 bits per heavy atom. The third kappa shape index (κ3) is 4.43. The van der Waals surface area contributed by atoms with Gasteiger partial charge in [-0.25, -0.2) is 8.78 Å². The van der Waals surface area contributed by atoms with E-state index < -0.39 is 17.7 Å². The first kappa shape index (κ1) is 17.6. The van der Waals surface area contributed by atoms with Crippen molar-refractivity contribution >= 4 is 11.6 Å². The molecule has 1 aromatic heterocycles. The monoisotopic (exact) mass is 349 g/mol. The van der Waals surface area contributed by atoms with Crippen LogP contribution in [0.15, 0.2) is 41.0 Å². The minimum absolute atomic E-state index is 0.00490. The highest BCUT2D eigenvalue weighted by Crippen LogP contribution is 2.17. The molecule has 0 aliphatic carbocycles. The molecule has 2 heterocycles. The summed E-state index contributed by atoms with van der Waals surface area (Å²) in [5, 5.41) is 2.53. The van der Waals surface area contributed by atoms with Crippen LogP contribution in [-0.2, 0) is 11.3 Å². The predicted molar refractivity (Wildman–Crippen MR) is 90.0 cm³/mol. The molecule has 0 unspecified atom stereocenters. The number of benzene rings is 1. The van der Waals surface area contributed by atoms with Crippen LogP contribution < -0.4 is 5.32 Å². The summed E-state index contributed by atoms with van der Waals surface area (Å²) in [4.78, 5) is 16.7.